The normalized spacial score (nSPS) is 25.4. The molecule has 1 amide bonds. The summed E-state index contributed by atoms with van der Waals surface area (Å²) in [5, 5.41) is 9.32. The Morgan fingerprint density at radius 2 is 2.47 bits per heavy atom. The van der Waals surface area contributed by atoms with Crippen molar-refractivity contribution in [2.24, 2.45) is 5.92 Å². The number of nitrogens with one attached hydrogen (secondary N) is 2. The molecule has 2 rings (SSSR count). The average Bonchev–Trinajstić information content (AvgIpc) is 2.77. The standard InChI is InChI=1S/C10H16N4O/c1-6-3-2-4-7(6)12-10(15)8-5-9(11)14-13-8/h5-7H,2-4H2,1H3,(H,12,15)(H3,11,13,14). The number of H-pyrrole nitrogens is 1. The van der Waals surface area contributed by atoms with Crippen LogP contribution in [0.2, 0.25) is 0 Å². The Kier molecular flexibility index (Phi) is 2.62. The maximum absolute atomic E-state index is 11.7. The van der Waals surface area contributed by atoms with Crippen LogP contribution in [0.4, 0.5) is 5.82 Å². The molecule has 1 aromatic heterocycles. The second kappa shape index (κ2) is 3.92. The highest BCUT2D eigenvalue weighted by Crippen LogP contribution is 2.24. The molecule has 5 heteroatoms. The van der Waals surface area contributed by atoms with E-state index in [1.54, 1.807) is 6.07 Å². The number of anilines is 1. The third kappa shape index (κ3) is 2.11. The second-order valence-electron chi connectivity index (χ2n) is 4.19. The van der Waals surface area contributed by atoms with Crippen molar-refractivity contribution in [2.45, 2.75) is 32.2 Å². The van der Waals surface area contributed by atoms with Crippen LogP contribution >= 0.6 is 0 Å². The van der Waals surface area contributed by atoms with Crippen LogP contribution in [0, 0.1) is 5.92 Å². The van der Waals surface area contributed by atoms with Crippen LogP contribution in [-0.4, -0.2) is 22.1 Å². The molecule has 0 saturated heterocycles. The van der Waals surface area contributed by atoms with E-state index in [2.05, 4.69) is 22.4 Å². The van der Waals surface area contributed by atoms with Gasteiger partial charge in [-0.25, -0.2) is 0 Å². The molecule has 0 radical (unpaired) electrons. The van der Waals surface area contributed by atoms with Gasteiger partial charge in [0.2, 0.25) is 0 Å². The maximum atomic E-state index is 11.7. The van der Waals surface area contributed by atoms with Crippen molar-refractivity contribution >= 4 is 11.7 Å². The predicted octanol–water partition coefficient (Wildman–Crippen LogP) is 0.910. The topological polar surface area (TPSA) is 83.8 Å². The number of hydrogen-bond donors (Lipinski definition) is 3. The van der Waals surface area contributed by atoms with Crippen LogP contribution in [-0.2, 0) is 0 Å². The number of aromatic nitrogens is 2. The largest absolute Gasteiger partial charge is 0.382 e. The molecule has 0 spiro atoms. The van der Waals surface area contributed by atoms with Crippen molar-refractivity contribution in [2.75, 3.05) is 5.73 Å². The van der Waals surface area contributed by atoms with E-state index in [-0.39, 0.29) is 5.91 Å². The van der Waals surface area contributed by atoms with Gasteiger partial charge >= 0.3 is 0 Å². The van der Waals surface area contributed by atoms with Gasteiger partial charge in [0.1, 0.15) is 11.5 Å². The third-order valence-corrected chi connectivity index (χ3v) is 3.02. The molecule has 82 valence electrons. The average molecular weight is 208 g/mol. The van der Waals surface area contributed by atoms with Gasteiger partial charge in [-0.3, -0.25) is 9.89 Å². The Morgan fingerprint density at radius 3 is 3.00 bits per heavy atom. The van der Waals surface area contributed by atoms with Gasteiger partial charge in [0.05, 0.1) is 0 Å². The Hall–Kier alpha value is -1.52. The van der Waals surface area contributed by atoms with Gasteiger partial charge in [0.15, 0.2) is 0 Å². The van der Waals surface area contributed by atoms with Crippen molar-refractivity contribution in [3.8, 4) is 0 Å². The predicted molar refractivity (Wildman–Crippen MR) is 57.3 cm³/mol. The first-order valence-electron chi connectivity index (χ1n) is 5.28. The first-order chi connectivity index (χ1) is 7.16. The van der Waals surface area contributed by atoms with E-state index >= 15 is 0 Å². The summed E-state index contributed by atoms with van der Waals surface area (Å²) in [6.07, 6.45) is 3.45. The lowest BCUT2D eigenvalue weighted by molar-refractivity contribution is 0.0924. The zero-order valence-corrected chi connectivity index (χ0v) is 8.79. The van der Waals surface area contributed by atoms with Crippen LogP contribution in [0.15, 0.2) is 6.07 Å². The summed E-state index contributed by atoms with van der Waals surface area (Å²) in [6, 6.07) is 1.84. The summed E-state index contributed by atoms with van der Waals surface area (Å²) in [6.45, 7) is 2.17. The maximum Gasteiger partial charge on any atom is 0.269 e. The van der Waals surface area contributed by atoms with Crippen molar-refractivity contribution in [1.29, 1.82) is 0 Å². The van der Waals surface area contributed by atoms with Gasteiger partial charge in [-0.1, -0.05) is 13.3 Å². The van der Waals surface area contributed by atoms with Crippen LogP contribution in [0.1, 0.15) is 36.7 Å². The minimum absolute atomic E-state index is 0.113. The summed E-state index contributed by atoms with van der Waals surface area (Å²) in [7, 11) is 0. The smallest absolute Gasteiger partial charge is 0.269 e. The number of nitrogen functional groups attached to an aromatic ring is 1. The van der Waals surface area contributed by atoms with E-state index in [0.29, 0.717) is 23.5 Å². The molecule has 1 heterocycles. The fourth-order valence-electron chi connectivity index (χ4n) is 2.06. The van der Waals surface area contributed by atoms with E-state index in [0.717, 1.165) is 6.42 Å². The summed E-state index contributed by atoms with van der Waals surface area (Å²) in [4.78, 5) is 11.7. The van der Waals surface area contributed by atoms with Gasteiger partial charge in [0.25, 0.3) is 5.91 Å². The number of carbonyl (C=O) groups is 1. The van der Waals surface area contributed by atoms with E-state index in [1.807, 2.05) is 0 Å². The minimum Gasteiger partial charge on any atom is -0.382 e. The number of hydrogen-bond acceptors (Lipinski definition) is 3. The molecule has 1 aromatic rings. The number of rotatable bonds is 2. The first-order valence-corrected chi connectivity index (χ1v) is 5.28. The Bertz CT molecular complexity index is 360. The lowest BCUT2D eigenvalue weighted by Gasteiger charge is -2.16. The monoisotopic (exact) mass is 208 g/mol. The van der Waals surface area contributed by atoms with Crippen LogP contribution in [0.25, 0.3) is 0 Å². The molecule has 2 unspecified atom stereocenters. The van der Waals surface area contributed by atoms with Crippen LogP contribution < -0.4 is 11.1 Å². The Balaban J connectivity index is 1.97. The summed E-state index contributed by atoms with van der Waals surface area (Å²) in [5.74, 6) is 0.798. The Labute approximate surface area is 88.4 Å². The van der Waals surface area contributed by atoms with Gasteiger partial charge < -0.3 is 11.1 Å². The van der Waals surface area contributed by atoms with Crippen molar-refractivity contribution in [1.82, 2.24) is 15.5 Å². The van der Waals surface area contributed by atoms with Gasteiger partial charge in [-0.05, 0) is 18.8 Å². The molecule has 1 saturated carbocycles. The molecule has 4 N–H and O–H groups in total. The molecule has 0 aromatic carbocycles. The molecule has 5 nitrogen and oxygen atoms in total. The number of carbonyl (C=O) groups excluding carboxylic acids is 1. The SMILES string of the molecule is CC1CCCC1NC(=O)c1cc(N)n[nH]1. The number of nitrogens with two attached hydrogens (primary N) is 1. The van der Waals surface area contributed by atoms with Gasteiger partial charge in [-0.15, -0.1) is 0 Å². The molecular weight excluding hydrogens is 192 g/mol. The van der Waals surface area contributed by atoms with Crippen molar-refractivity contribution < 1.29 is 4.79 Å². The highest BCUT2D eigenvalue weighted by atomic mass is 16.2. The fraction of sp³-hybridized carbons (Fsp3) is 0.600. The summed E-state index contributed by atoms with van der Waals surface area (Å²) in [5.41, 5.74) is 5.87. The molecular formula is C10H16N4O. The molecule has 2 atom stereocenters. The van der Waals surface area contributed by atoms with Gasteiger partial charge in [-0.2, -0.15) is 5.10 Å². The molecule has 1 fully saturated rings. The quantitative estimate of drug-likeness (QED) is 0.675. The zero-order valence-electron chi connectivity index (χ0n) is 8.79. The lowest BCUT2D eigenvalue weighted by Crippen LogP contribution is -2.36. The van der Waals surface area contributed by atoms with Crippen molar-refractivity contribution in [3.63, 3.8) is 0 Å². The van der Waals surface area contributed by atoms with E-state index in [4.69, 9.17) is 5.73 Å². The zero-order chi connectivity index (χ0) is 10.8. The number of nitrogens with zero attached hydrogens (tertiary/aromatic N) is 1. The molecule has 1 aliphatic rings. The highest BCUT2D eigenvalue weighted by molar-refractivity contribution is 5.93. The van der Waals surface area contributed by atoms with E-state index in [1.165, 1.54) is 12.8 Å². The van der Waals surface area contributed by atoms with E-state index in [9.17, 15) is 4.79 Å². The third-order valence-electron chi connectivity index (χ3n) is 3.02. The van der Waals surface area contributed by atoms with Crippen LogP contribution in [0.5, 0.6) is 0 Å². The van der Waals surface area contributed by atoms with Crippen molar-refractivity contribution in [3.05, 3.63) is 11.8 Å². The Morgan fingerprint density at radius 1 is 1.67 bits per heavy atom. The molecule has 0 bridgehead atoms. The fourth-order valence-corrected chi connectivity index (χ4v) is 2.06. The number of aromatic amines is 1. The molecule has 15 heavy (non-hydrogen) atoms. The summed E-state index contributed by atoms with van der Waals surface area (Å²) < 4.78 is 0. The van der Waals surface area contributed by atoms with Gasteiger partial charge in [0, 0.05) is 12.1 Å². The highest BCUT2D eigenvalue weighted by Gasteiger charge is 2.25. The minimum atomic E-state index is -0.113. The second-order valence-corrected chi connectivity index (χ2v) is 4.19. The molecule has 1 aliphatic carbocycles. The van der Waals surface area contributed by atoms with E-state index < -0.39 is 0 Å². The van der Waals surface area contributed by atoms with Crippen LogP contribution in [0.3, 0.4) is 0 Å². The number of amides is 1. The summed E-state index contributed by atoms with van der Waals surface area (Å²) >= 11 is 0. The molecule has 0 aliphatic heterocycles. The lowest BCUT2D eigenvalue weighted by atomic mass is 10.1. The first kappa shape index (κ1) is 10.0.